The SMILES string of the molecule is CN1C(=O)c2ccccc2[C@H](C(=O)NC2CCCCCC2)[C@H]1c1cccs1. The van der Waals surface area contributed by atoms with E-state index in [1.165, 1.54) is 25.7 Å². The highest BCUT2D eigenvalue weighted by Crippen LogP contribution is 2.43. The first-order chi connectivity index (χ1) is 13.2. The van der Waals surface area contributed by atoms with E-state index in [0.29, 0.717) is 5.56 Å². The molecular formula is C22H26N2O2S. The van der Waals surface area contributed by atoms with E-state index in [4.69, 9.17) is 0 Å². The number of fused-ring (bicyclic) bond motifs is 1. The van der Waals surface area contributed by atoms with Gasteiger partial charge in [0.05, 0.1) is 12.0 Å². The molecule has 2 amide bonds. The van der Waals surface area contributed by atoms with Crippen molar-refractivity contribution in [3.05, 3.63) is 57.8 Å². The van der Waals surface area contributed by atoms with Gasteiger partial charge in [-0.3, -0.25) is 9.59 Å². The molecule has 1 aliphatic heterocycles. The molecule has 0 saturated heterocycles. The van der Waals surface area contributed by atoms with Crippen LogP contribution in [0.5, 0.6) is 0 Å². The molecule has 2 heterocycles. The van der Waals surface area contributed by atoms with Crippen molar-refractivity contribution in [2.45, 2.75) is 56.5 Å². The minimum atomic E-state index is -0.370. The van der Waals surface area contributed by atoms with Crippen LogP contribution >= 0.6 is 11.3 Å². The fraction of sp³-hybridized carbons (Fsp3) is 0.455. The lowest BCUT2D eigenvalue weighted by Gasteiger charge is -2.39. The van der Waals surface area contributed by atoms with Crippen LogP contribution in [0.2, 0.25) is 0 Å². The zero-order chi connectivity index (χ0) is 18.8. The molecule has 27 heavy (non-hydrogen) atoms. The summed E-state index contributed by atoms with van der Waals surface area (Å²) in [6.45, 7) is 0. The van der Waals surface area contributed by atoms with Crippen molar-refractivity contribution in [3.8, 4) is 0 Å². The first-order valence-electron chi connectivity index (χ1n) is 9.86. The third-order valence-corrected chi connectivity index (χ3v) is 6.84. The number of rotatable bonds is 3. The van der Waals surface area contributed by atoms with Gasteiger partial charge in [-0.25, -0.2) is 0 Å². The summed E-state index contributed by atoms with van der Waals surface area (Å²) in [5.74, 6) is -0.333. The Hall–Kier alpha value is -2.14. The summed E-state index contributed by atoms with van der Waals surface area (Å²) in [6.07, 6.45) is 6.98. The van der Waals surface area contributed by atoms with Crippen LogP contribution in [-0.4, -0.2) is 29.8 Å². The number of thiophene rings is 1. The lowest BCUT2D eigenvalue weighted by molar-refractivity contribution is -0.124. The molecule has 4 rings (SSSR count). The van der Waals surface area contributed by atoms with E-state index in [2.05, 4.69) is 5.32 Å². The standard InChI is InChI=1S/C22H26N2O2S/c1-24-20(18-13-8-14-27-18)19(16-11-6-7-12-17(16)22(24)26)21(25)23-15-9-4-2-3-5-10-15/h6-8,11-15,19-20H,2-5,9-10H2,1H3,(H,23,25)/t19-,20+/m0/s1. The third kappa shape index (κ3) is 3.53. The Morgan fingerprint density at radius 1 is 1.07 bits per heavy atom. The molecule has 2 atom stereocenters. The Labute approximate surface area is 164 Å². The summed E-state index contributed by atoms with van der Waals surface area (Å²) in [5, 5.41) is 5.33. The molecule has 4 nitrogen and oxygen atoms in total. The molecule has 142 valence electrons. The molecule has 1 aliphatic carbocycles. The maximum absolute atomic E-state index is 13.5. The summed E-state index contributed by atoms with van der Waals surface area (Å²) in [4.78, 5) is 29.2. The van der Waals surface area contributed by atoms with Crippen molar-refractivity contribution in [2.75, 3.05) is 7.05 Å². The van der Waals surface area contributed by atoms with E-state index in [1.54, 1.807) is 16.2 Å². The Morgan fingerprint density at radius 2 is 1.81 bits per heavy atom. The Kier molecular flexibility index (Phi) is 5.30. The first-order valence-corrected chi connectivity index (χ1v) is 10.7. The van der Waals surface area contributed by atoms with Crippen LogP contribution in [0.4, 0.5) is 0 Å². The number of carbonyl (C=O) groups excluding carboxylic acids is 2. The normalized spacial score (nSPS) is 23.6. The zero-order valence-electron chi connectivity index (χ0n) is 15.7. The van der Waals surface area contributed by atoms with Gasteiger partial charge >= 0.3 is 0 Å². The van der Waals surface area contributed by atoms with E-state index >= 15 is 0 Å². The molecule has 1 aromatic carbocycles. The Morgan fingerprint density at radius 3 is 2.52 bits per heavy atom. The van der Waals surface area contributed by atoms with Crippen LogP contribution in [0.15, 0.2) is 41.8 Å². The topological polar surface area (TPSA) is 49.4 Å². The molecule has 1 N–H and O–H groups in total. The van der Waals surface area contributed by atoms with Gasteiger partial charge in [-0.05, 0) is 35.9 Å². The molecule has 0 radical (unpaired) electrons. The Bertz CT molecular complexity index is 809. The van der Waals surface area contributed by atoms with Gasteiger partial charge in [0, 0.05) is 23.5 Å². The van der Waals surface area contributed by atoms with E-state index in [9.17, 15) is 9.59 Å². The maximum Gasteiger partial charge on any atom is 0.254 e. The van der Waals surface area contributed by atoms with Gasteiger partial charge in [-0.2, -0.15) is 0 Å². The first kappa shape index (κ1) is 18.2. The van der Waals surface area contributed by atoms with Crippen molar-refractivity contribution in [3.63, 3.8) is 0 Å². The van der Waals surface area contributed by atoms with Gasteiger partial charge < -0.3 is 10.2 Å². The quantitative estimate of drug-likeness (QED) is 0.795. The van der Waals surface area contributed by atoms with E-state index in [0.717, 1.165) is 23.3 Å². The minimum absolute atomic E-state index is 0.0116. The lowest BCUT2D eigenvalue weighted by Crippen LogP contribution is -2.47. The predicted octanol–water partition coefficient (Wildman–Crippen LogP) is 4.50. The smallest absolute Gasteiger partial charge is 0.254 e. The lowest BCUT2D eigenvalue weighted by atomic mass is 9.81. The highest BCUT2D eigenvalue weighted by Gasteiger charge is 2.43. The molecule has 1 aromatic heterocycles. The van der Waals surface area contributed by atoms with Crippen LogP contribution in [0.25, 0.3) is 0 Å². The molecule has 0 spiro atoms. The number of nitrogens with one attached hydrogen (secondary N) is 1. The van der Waals surface area contributed by atoms with Crippen molar-refractivity contribution in [1.82, 2.24) is 10.2 Å². The van der Waals surface area contributed by atoms with E-state index in [-0.39, 0.29) is 29.8 Å². The van der Waals surface area contributed by atoms with E-state index in [1.807, 2.05) is 48.8 Å². The average Bonchev–Trinajstić information content (AvgIpc) is 3.09. The molecule has 5 heteroatoms. The van der Waals surface area contributed by atoms with Crippen LogP contribution in [0, 0.1) is 0 Å². The molecular weight excluding hydrogens is 356 g/mol. The van der Waals surface area contributed by atoms with Gasteiger partial charge in [0.25, 0.3) is 5.91 Å². The van der Waals surface area contributed by atoms with E-state index < -0.39 is 0 Å². The molecule has 2 aliphatic rings. The molecule has 0 unspecified atom stereocenters. The number of carbonyl (C=O) groups is 2. The van der Waals surface area contributed by atoms with Crippen molar-refractivity contribution >= 4 is 23.2 Å². The second kappa shape index (κ2) is 7.85. The van der Waals surface area contributed by atoms with Gasteiger partial charge in [-0.1, -0.05) is 49.9 Å². The van der Waals surface area contributed by atoms with Gasteiger partial charge in [0.1, 0.15) is 0 Å². The third-order valence-electron chi connectivity index (χ3n) is 5.90. The number of hydrogen-bond acceptors (Lipinski definition) is 3. The molecule has 1 fully saturated rings. The van der Waals surface area contributed by atoms with Crippen LogP contribution in [0.1, 0.15) is 71.3 Å². The monoisotopic (exact) mass is 382 g/mol. The van der Waals surface area contributed by atoms with Crippen molar-refractivity contribution in [1.29, 1.82) is 0 Å². The van der Waals surface area contributed by atoms with Gasteiger partial charge in [-0.15, -0.1) is 11.3 Å². The average molecular weight is 383 g/mol. The molecule has 1 saturated carbocycles. The summed E-state index contributed by atoms with van der Waals surface area (Å²) in [6, 6.07) is 11.6. The summed E-state index contributed by atoms with van der Waals surface area (Å²) in [7, 11) is 1.81. The van der Waals surface area contributed by atoms with Gasteiger partial charge in [0.2, 0.25) is 5.91 Å². The maximum atomic E-state index is 13.5. The molecule has 0 bridgehead atoms. The number of benzene rings is 1. The summed E-state index contributed by atoms with van der Waals surface area (Å²) >= 11 is 1.61. The second-order valence-corrected chi connectivity index (χ2v) is 8.62. The summed E-state index contributed by atoms with van der Waals surface area (Å²) in [5.41, 5.74) is 1.50. The highest BCUT2D eigenvalue weighted by atomic mass is 32.1. The van der Waals surface area contributed by atoms with Crippen LogP contribution in [0.3, 0.4) is 0 Å². The number of nitrogens with zero attached hydrogens (tertiary/aromatic N) is 1. The van der Waals surface area contributed by atoms with Crippen LogP contribution in [-0.2, 0) is 4.79 Å². The fourth-order valence-electron chi connectivity index (χ4n) is 4.49. The second-order valence-electron chi connectivity index (χ2n) is 7.64. The van der Waals surface area contributed by atoms with Crippen molar-refractivity contribution in [2.24, 2.45) is 0 Å². The molecule has 2 aromatic rings. The van der Waals surface area contributed by atoms with Crippen molar-refractivity contribution < 1.29 is 9.59 Å². The summed E-state index contributed by atoms with van der Waals surface area (Å²) < 4.78 is 0. The largest absolute Gasteiger partial charge is 0.353 e. The fourth-order valence-corrected chi connectivity index (χ4v) is 5.39. The number of likely N-dealkylation sites (N-methyl/N-ethyl adjacent to an activating group) is 1. The highest BCUT2D eigenvalue weighted by molar-refractivity contribution is 7.10. The minimum Gasteiger partial charge on any atom is -0.353 e. The Balaban J connectivity index is 1.70. The predicted molar refractivity (Wildman–Crippen MR) is 108 cm³/mol. The van der Waals surface area contributed by atoms with Gasteiger partial charge in [0.15, 0.2) is 0 Å². The zero-order valence-corrected chi connectivity index (χ0v) is 16.5. The van der Waals surface area contributed by atoms with Crippen LogP contribution < -0.4 is 5.32 Å². The number of amides is 2. The number of hydrogen-bond donors (Lipinski definition) is 1.